The van der Waals surface area contributed by atoms with Crippen molar-refractivity contribution in [3.05, 3.63) is 59.2 Å². The van der Waals surface area contributed by atoms with Crippen LogP contribution in [-0.4, -0.2) is 49.8 Å². The second-order valence-corrected chi connectivity index (χ2v) is 10.9. The number of hydrogen-bond acceptors (Lipinski definition) is 7. The molecule has 0 aromatic heterocycles. The van der Waals surface area contributed by atoms with E-state index < -0.39 is 27.6 Å². The topological polar surface area (TPSA) is 76.0 Å². The molecule has 2 aliphatic rings. The van der Waals surface area contributed by atoms with Crippen LogP contribution in [0.15, 0.2) is 47.5 Å². The first-order valence-electron chi connectivity index (χ1n) is 9.61. The van der Waals surface area contributed by atoms with Crippen molar-refractivity contribution in [2.45, 2.75) is 24.0 Å². The third-order valence-electron chi connectivity index (χ3n) is 5.29. The van der Waals surface area contributed by atoms with E-state index in [9.17, 15) is 26.4 Å². The number of amidine groups is 1. The second-order valence-electron chi connectivity index (χ2n) is 7.54. The Morgan fingerprint density at radius 3 is 2.66 bits per heavy atom. The van der Waals surface area contributed by atoms with Gasteiger partial charge in [-0.15, -0.1) is 0 Å². The van der Waals surface area contributed by atoms with Crippen LogP contribution in [0.1, 0.15) is 21.5 Å². The van der Waals surface area contributed by atoms with Crippen LogP contribution in [0.25, 0.3) is 0 Å². The second kappa shape index (κ2) is 8.43. The highest BCUT2D eigenvalue weighted by atomic mass is 32.2. The molecule has 2 atom stereocenters. The number of sulfone groups is 1. The Bertz CT molecular complexity index is 1180. The Balaban J connectivity index is 1.76. The van der Waals surface area contributed by atoms with E-state index in [1.807, 2.05) is 0 Å². The smallest absolute Gasteiger partial charge is 0.416 e. The zero-order chi connectivity index (χ0) is 23.1. The zero-order valence-electron chi connectivity index (χ0n) is 16.9. The average molecular weight is 485 g/mol. The summed E-state index contributed by atoms with van der Waals surface area (Å²) in [6, 6.07) is 9.25. The number of thioether (sulfide) groups is 1. The molecule has 1 fully saturated rings. The van der Waals surface area contributed by atoms with Crippen LogP contribution in [0.4, 0.5) is 18.9 Å². The minimum atomic E-state index is -4.52. The van der Waals surface area contributed by atoms with Crippen molar-refractivity contribution in [3.63, 3.8) is 0 Å². The zero-order valence-corrected chi connectivity index (χ0v) is 18.5. The molecule has 2 heterocycles. The van der Waals surface area contributed by atoms with Gasteiger partial charge in [0.25, 0.3) is 0 Å². The molecule has 2 aromatic carbocycles. The van der Waals surface area contributed by atoms with Crippen LogP contribution >= 0.6 is 11.8 Å². The number of rotatable bonds is 5. The molecular formula is C21H19F3N2O4S2. The van der Waals surface area contributed by atoms with Crippen LogP contribution in [0.5, 0.6) is 5.75 Å². The minimum Gasteiger partial charge on any atom is -0.496 e. The predicted molar refractivity (Wildman–Crippen MR) is 117 cm³/mol. The van der Waals surface area contributed by atoms with E-state index in [2.05, 4.69) is 4.99 Å². The fraction of sp³-hybridized carbons (Fsp3) is 0.333. The van der Waals surface area contributed by atoms with E-state index in [-0.39, 0.29) is 29.0 Å². The molecule has 11 heteroatoms. The van der Waals surface area contributed by atoms with Gasteiger partial charge in [-0.25, -0.2) is 8.42 Å². The molecule has 0 N–H and O–H groups in total. The number of anilines is 1. The molecular weight excluding hydrogens is 465 g/mol. The third-order valence-corrected chi connectivity index (χ3v) is 8.54. The number of carbonyl (C=O) groups excluding carboxylic acids is 1. The van der Waals surface area contributed by atoms with Crippen molar-refractivity contribution >= 4 is 38.7 Å². The van der Waals surface area contributed by atoms with E-state index in [0.29, 0.717) is 28.3 Å². The highest BCUT2D eigenvalue weighted by molar-refractivity contribution is 8.15. The molecule has 0 radical (unpaired) electrons. The highest BCUT2D eigenvalue weighted by Crippen LogP contribution is 2.39. The molecule has 4 rings (SSSR count). The minimum absolute atomic E-state index is 0.0181. The first-order chi connectivity index (χ1) is 15.1. The maximum absolute atomic E-state index is 13.3. The van der Waals surface area contributed by atoms with Crippen molar-refractivity contribution in [2.75, 3.05) is 23.5 Å². The Kier molecular flexibility index (Phi) is 5.97. The quantitative estimate of drug-likeness (QED) is 0.601. The van der Waals surface area contributed by atoms with Crippen molar-refractivity contribution in [1.82, 2.24) is 0 Å². The van der Waals surface area contributed by atoms with Gasteiger partial charge in [-0.05, 0) is 36.4 Å². The van der Waals surface area contributed by atoms with Gasteiger partial charge in [-0.1, -0.05) is 17.8 Å². The Morgan fingerprint density at radius 2 is 2.00 bits per heavy atom. The lowest BCUT2D eigenvalue weighted by molar-refractivity contribution is -0.137. The summed E-state index contributed by atoms with van der Waals surface area (Å²) in [5, 5.41) is 0.166. The van der Waals surface area contributed by atoms with Gasteiger partial charge >= 0.3 is 6.18 Å². The Labute approximate surface area is 187 Å². The highest BCUT2D eigenvalue weighted by Gasteiger charge is 2.44. The third kappa shape index (κ3) is 4.63. The summed E-state index contributed by atoms with van der Waals surface area (Å²) < 4.78 is 69.3. The molecule has 0 saturated carbocycles. The summed E-state index contributed by atoms with van der Waals surface area (Å²) in [6.45, 7) is 0.0875. The van der Waals surface area contributed by atoms with Crippen molar-refractivity contribution < 1.29 is 31.1 Å². The SMILES string of the molecule is COc1ccc(C=O)cc1CN(C1=N[C@@H]2CS(=O)(=O)C[C@H]2S1)c1cccc(C(F)(F)F)c1. The molecule has 0 amide bonds. The number of ether oxygens (including phenoxy) is 1. The van der Waals surface area contributed by atoms with Gasteiger partial charge in [0.15, 0.2) is 15.0 Å². The number of hydrogen-bond donors (Lipinski definition) is 0. The van der Waals surface area contributed by atoms with Crippen LogP contribution in [0.3, 0.4) is 0 Å². The number of methoxy groups -OCH3 is 1. The summed E-state index contributed by atoms with van der Waals surface area (Å²) in [4.78, 5) is 17.4. The summed E-state index contributed by atoms with van der Waals surface area (Å²) in [6.07, 6.45) is -3.85. The van der Waals surface area contributed by atoms with Crippen molar-refractivity contribution in [2.24, 2.45) is 4.99 Å². The first kappa shape index (κ1) is 22.7. The fourth-order valence-electron chi connectivity index (χ4n) is 3.76. The molecule has 1 saturated heterocycles. The van der Waals surface area contributed by atoms with Crippen molar-refractivity contribution in [3.8, 4) is 5.75 Å². The van der Waals surface area contributed by atoms with Crippen LogP contribution in [0, 0.1) is 0 Å². The van der Waals surface area contributed by atoms with E-state index in [1.54, 1.807) is 29.2 Å². The lowest BCUT2D eigenvalue weighted by atomic mass is 10.1. The monoisotopic (exact) mass is 484 g/mol. The Hall–Kier alpha value is -2.53. The maximum Gasteiger partial charge on any atom is 0.416 e. The standard InChI is InChI=1S/C21H19F3N2O4S2/c1-30-18-6-5-13(10-27)7-14(18)9-26(16-4-2-3-15(8-16)21(22,23)24)20-25-17-11-32(28,29)12-19(17)31-20/h2-8,10,17,19H,9,11-12H2,1H3/t17-,19-/m1/s1. The lowest BCUT2D eigenvalue weighted by Crippen LogP contribution is -2.28. The van der Waals surface area contributed by atoms with Crippen molar-refractivity contribution in [1.29, 1.82) is 0 Å². The number of benzene rings is 2. The van der Waals surface area contributed by atoms with Crippen LogP contribution in [-0.2, 0) is 22.6 Å². The fourth-order valence-corrected chi connectivity index (χ4v) is 7.54. The van der Waals surface area contributed by atoms with Crippen LogP contribution in [0.2, 0.25) is 0 Å². The maximum atomic E-state index is 13.3. The molecule has 0 unspecified atom stereocenters. The molecule has 32 heavy (non-hydrogen) atoms. The number of carbonyl (C=O) groups is 1. The summed E-state index contributed by atoms with van der Waals surface area (Å²) in [5.41, 5.74) is 0.434. The predicted octanol–water partition coefficient (Wildman–Crippen LogP) is 3.80. The molecule has 0 aliphatic carbocycles. The molecule has 170 valence electrons. The summed E-state index contributed by atoms with van der Waals surface area (Å²) >= 11 is 1.25. The van der Waals surface area contributed by atoms with E-state index in [0.717, 1.165) is 12.1 Å². The summed E-state index contributed by atoms with van der Waals surface area (Å²) in [5.74, 6) is 0.378. The number of aliphatic imine (C=N–C) groups is 1. The number of aldehydes is 1. The first-order valence-corrected chi connectivity index (χ1v) is 12.3. The lowest BCUT2D eigenvalue weighted by Gasteiger charge is -2.26. The van der Waals surface area contributed by atoms with Gasteiger partial charge in [-0.3, -0.25) is 9.79 Å². The van der Waals surface area contributed by atoms with Gasteiger partial charge in [0.1, 0.15) is 12.0 Å². The van der Waals surface area contributed by atoms with Gasteiger partial charge in [0.2, 0.25) is 0 Å². The summed E-state index contributed by atoms with van der Waals surface area (Å²) in [7, 11) is -1.71. The number of nitrogens with zero attached hydrogens (tertiary/aromatic N) is 2. The molecule has 0 spiro atoms. The molecule has 0 bridgehead atoms. The normalized spacial score (nSPS) is 21.7. The van der Waals surface area contributed by atoms with Gasteiger partial charge in [0.05, 0.1) is 36.8 Å². The van der Waals surface area contributed by atoms with E-state index in [1.165, 1.54) is 24.9 Å². The Morgan fingerprint density at radius 1 is 1.22 bits per heavy atom. The number of halogens is 3. The van der Waals surface area contributed by atoms with Gasteiger partial charge < -0.3 is 9.64 Å². The number of fused-ring (bicyclic) bond motifs is 1. The average Bonchev–Trinajstić information content (AvgIpc) is 3.24. The molecule has 6 nitrogen and oxygen atoms in total. The number of alkyl halides is 3. The van der Waals surface area contributed by atoms with Crippen LogP contribution < -0.4 is 9.64 Å². The van der Waals surface area contributed by atoms with Gasteiger partial charge in [0, 0.05) is 22.1 Å². The largest absolute Gasteiger partial charge is 0.496 e. The van der Waals surface area contributed by atoms with E-state index in [4.69, 9.17) is 4.74 Å². The van der Waals surface area contributed by atoms with E-state index >= 15 is 0 Å². The molecule has 2 aromatic rings. The van der Waals surface area contributed by atoms with Gasteiger partial charge in [-0.2, -0.15) is 13.2 Å². The molecule has 2 aliphatic heterocycles.